The second kappa shape index (κ2) is 11.7. The Hall–Kier alpha value is -2.33. The number of benzene rings is 1. The molecule has 10 heteroatoms. The highest BCUT2D eigenvalue weighted by Crippen LogP contribution is 2.27. The fraction of sp³-hybridized carbons (Fsp3) is 0.652. The van der Waals surface area contributed by atoms with Crippen molar-refractivity contribution in [2.75, 3.05) is 45.7 Å². The van der Waals surface area contributed by atoms with Gasteiger partial charge in [-0.3, -0.25) is 14.5 Å². The second-order valence-corrected chi connectivity index (χ2v) is 8.57. The summed E-state index contributed by atoms with van der Waals surface area (Å²) in [5, 5.41) is 2.73. The van der Waals surface area contributed by atoms with Crippen LogP contribution >= 0.6 is 0 Å². The van der Waals surface area contributed by atoms with Gasteiger partial charge in [-0.25, -0.2) is 0 Å². The van der Waals surface area contributed by atoms with Crippen molar-refractivity contribution >= 4 is 17.5 Å². The average Bonchev–Trinajstić information content (AvgIpc) is 2.76. The lowest BCUT2D eigenvalue weighted by Crippen LogP contribution is -2.47. The largest absolute Gasteiger partial charge is 0.491 e. The van der Waals surface area contributed by atoms with Crippen molar-refractivity contribution in [2.24, 2.45) is 5.92 Å². The van der Waals surface area contributed by atoms with Gasteiger partial charge in [0, 0.05) is 58.0 Å². The van der Waals surface area contributed by atoms with Gasteiger partial charge in [0.1, 0.15) is 12.4 Å². The van der Waals surface area contributed by atoms with E-state index in [1.165, 1.54) is 12.0 Å². The summed E-state index contributed by atoms with van der Waals surface area (Å²) in [5.74, 6) is -0.303. The number of nitrogens with zero attached hydrogens (tertiary/aromatic N) is 2. The van der Waals surface area contributed by atoms with Crippen LogP contribution in [-0.4, -0.2) is 80.3 Å². The minimum Gasteiger partial charge on any atom is -0.491 e. The van der Waals surface area contributed by atoms with Crippen LogP contribution in [0.15, 0.2) is 18.2 Å². The maximum Gasteiger partial charge on any atom is 0.390 e. The number of alkyl halides is 3. The fourth-order valence-corrected chi connectivity index (χ4v) is 3.76. The van der Waals surface area contributed by atoms with E-state index in [1.807, 2.05) is 6.92 Å². The number of halogens is 3. The minimum atomic E-state index is -4.26. The van der Waals surface area contributed by atoms with Crippen molar-refractivity contribution in [3.05, 3.63) is 23.8 Å². The molecule has 1 aliphatic heterocycles. The lowest BCUT2D eigenvalue weighted by Gasteiger charge is -2.36. The number of nitrogens with one attached hydrogen (secondary N) is 1. The van der Waals surface area contributed by atoms with Gasteiger partial charge in [0.25, 0.3) is 5.91 Å². The van der Waals surface area contributed by atoms with E-state index in [0.717, 1.165) is 0 Å². The van der Waals surface area contributed by atoms with Gasteiger partial charge in [0.15, 0.2) is 0 Å². The van der Waals surface area contributed by atoms with Crippen LogP contribution in [0.25, 0.3) is 0 Å². The minimum absolute atomic E-state index is 0.0808. The Labute approximate surface area is 193 Å². The van der Waals surface area contributed by atoms with Crippen molar-refractivity contribution in [1.82, 2.24) is 9.80 Å². The molecule has 1 aromatic carbocycles. The molecule has 0 saturated carbocycles. The van der Waals surface area contributed by atoms with E-state index < -0.39 is 12.6 Å². The summed E-state index contributed by atoms with van der Waals surface area (Å²) >= 11 is 0. The van der Waals surface area contributed by atoms with E-state index in [2.05, 4.69) is 5.32 Å². The smallest absolute Gasteiger partial charge is 0.390 e. The molecule has 0 fully saturated rings. The fourth-order valence-electron chi connectivity index (χ4n) is 3.76. The zero-order valence-electron chi connectivity index (χ0n) is 19.9. The Morgan fingerprint density at radius 3 is 2.58 bits per heavy atom. The van der Waals surface area contributed by atoms with E-state index in [1.54, 1.807) is 44.0 Å². The number of carbonyl (C=O) groups is 2. The molecule has 2 rings (SSSR count). The number of methoxy groups -OCH3 is 1. The monoisotopic (exact) mass is 473 g/mol. The van der Waals surface area contributed by atoms with E-state index in [4.69, 9.17) is 9.47 Å². The van der Waals surface area contributed by atoms with Gasteiger partial charge in [0.2, 0.25) is 5.91 Å². The van der Waals surface area contributed by atoms with Crippen molar-refractivity contribution < 1.29 is 32.2 Å². The van der Waals surface area contributed by atoms with Gasteiger partial charge in [-0.2, -0.15) is 13.2 Å². The Balaban J connectivity index is 2.39. The van der Waals surface area contributed by atoms with E-state index in [9.17, 15) is 22.8 Å². The molecule has 186 valence electrons. The van der Waals surface area contributed by atoms with Crippen LogP contribution in [0.2, 0.25) is 0 Å². The van der Waals surface area contributed by atoms with Crippen LogP contribution in [0.1, 0.15) is 44.0 Å². The Morgan fingerprint density at radius 2 is 1.97 bits per heavy atom. The normalized spacial score (nSPS) is 23.2. The molecule has 7 nitrogen and oxygen atoms in total. The van der Waals surface area contributed by atoms with Gasteiger partial charge < -0.3 is 19.7 Å². The van der Waals surface area contributed by atoms with Crippen LogP contribution in [0.5, 0.6) is 5.75 Å². The third-order valence-electron chi connectivity index (χ3n) is 5.86. The first-order valence-electron chi connectivity index (χ1n) is 11.1. The van der Waals surface area contributed by atoms with Crippen molar-refractivity contribution in [3.8, 4) is 5.75 Å². The van der Waals surface area contributed by atoms with Crippen LogP contribution in [0, 0.1) is 5.92 Å². The van der Waals surface area contributed by atoms with Crippen molar-refractivity contribution in [3.63, 3.8) is 0 Å². The number of hydrogen-bond donors (Lipinski definition) is 1. The molecular formula is C23H34F3N3O4. The zero-order valence-corrected chi connectivity index (χ0v) is 19.9. The zero-order chi connectivity index (χ0) is 24.8. The summed E-state index contributed by atoms with van der Waals surface area (Å²) in [6, 6.07) is 4.44. The summed E-state index contributed by atoms with van der Waals surface area (Å²) in [7, 11) is 3.18. The Bertz CT molecular complexity index is 819. The van der Waals surface area contributed by atoms with Crippen LogP contribution in [-0.2, 0) is 9.53 Å². The van der Waals surface area contributed by atoms with Gasteiger partial charge in [-0.15, -0.1) is 0 Å². The summed E-state index contributed by atoms with van der Waals surface area (Å²) in [6.45, 7) is 5.98. The highest BCUT2D eigenvalue weighted by atomic mass is 19.4. The van der Waals surface area contributed by atoms with Gasteiger partial charge in [0.05, 0.1) is 18.1 Å². The van der Waals surface area contributed by atoms with Crippen molar-refractivity contribution in [1.29, 1.82) is 0 Å². The first kappa shape index (κ1) is 26.9. The molecule has 2 amide bonds. The number of likely N-dealkylation sites (N-methyl/N-ethyl adjacent to an activating group) is 1. The molecule has 0 saturated heterocycles. The maximum absolute atomic E-state index is 13.1. The predicted octanol–water partition coefficient (Wildman–Crippen LogP) is 3.79. The molecule has 0 radical (unpaired) electrons. The number of fused-ring (bicyclic) bond motifs is 1. The number of amides is 2. The molecule has 1 N–H and O–H groups in total. The number of anilines is 1. The predicted molar refractivity (Wildman–Crippen MR) is 119 cm³/mol. The Morgan fingerprint density at radius 1 is 1.27 bits per heavy atom. The molecule has 33 heavy (non-hydrogen) atoms. The molecule has 0 unspecified atom stereocenters. The molecular weight excluding hydrogens is 439 g/mol. The molecule has 0 aromatic heterocycles. The third kappa shape index (κ3) is 7.89. The molecule has 0 aliphatic carbocycles. The lowest BCUT2D eigenvalue weighted by molar-refractivity contribution is -0.140. The highest BCUT2D eigenvalue weighted by Gasteiger charge is 2.32. The standard InChI is InChI=1S/C23H34F3N3O4/c1-6-21(30)27-17-7-8-18-19(11-17)33-14-16(3)29(10-9-23(24,25)26)12-15(2)20(32-5)13-28(4)22(18)31/h7-8,11,15-16,20H,6,9-10,12-14H2,1-5H3,(H,27,30)/t15-,16-,20+/m0/s1. The van der Waals surface area contributed by atoms with Crippen LogP contribution in [0.4, 0.5) is 18.9 Å². The summed E-state index contributed by atoms with van der Waals surface area (Å²) in [6.07, 6.45) is -5.25. The molecule has 0 bridgehead atoms. The number of rotatable bonds is 5. The van der Waals surface area contributed by atoms with E-state index in [-0.39, 0.29) is 55.3 Å². The van der Waals surface area contributed by atoms with Gasteiger partial charge in [-0.1, -0.05) is 13.8 Å². The van der Waals surface area contributed by atoms with Gasteiger partial charge in [-0.05, 0) is 25.0 Å². The third-order valence-corrected chi connectivity index (χ3v) is 5.86. The molecule has 1 aromatic rings. The quantitative estimate of drug-likeness (QED) is 0.705. The van der Waals surface area contributed by atoms with E-state index in [0.29, 0.717) is 24.2 Å². The van der Waals surface area contributed by atoms with E-state index >= 15 is 0 Å². The molecule has 1 aliphatic rings. The average molecular weight is 474 g/mol. The maximum atomic E-state index is 13.1. The lowest BCUT2D eigenvalue weighted by atomic mass is 10.0. The summed E-state index contributed by atoms with van der Waals surface area (Å²) in [5.41, 5.74) is 0.789. The second-order valence-electron chi connectivity index (χ2n) is 8.57. The van der Waals surface area contributed by atoms with Gasteiger partial charge >= 0.3 is 6.18 Å². The summed E-state index contributed by atoms with van der Waals surface area (Å²) in [4.78, 5) is 28.2. The topological polar surface area (TPSA) is 71.1 Å². The Kier molecular flexibility index (Phi) is 9.54. The SMILES string of the molecule is CCC(=O)Nc1ccc2c(c1)OC[C@H](C)N(CCC(F)(F)F)C[C@H](C)[C@H](OC)CN(C)C2=O. The van der Waals surface area contributed by atoms with Crippen LogP contribution in [0.3, 0.4) is 0 Å². The number of hydrogen-bond acceptors (Lipinski definition) is 5. The molecule has 1 heterocycles. The number of carbonyl (C=O) groups excluding carboxylic acids is 2. The van der Waals surface area contributed by atoms with Crippen LogP contribution < -0.4 is 10.1 Å². The first-order chi connectivity index (χ1) is 15.4. The molecule has 0 spiro atoms. The number of ether oxygens (including phenoxy) is 2. The highest BCUT2D eigenvalue weighted by molar-refractivity contribution is 5.98. The molecule has 3 atom stereocenters. The summed E-state index contributed by atoms with van der Waals surface area (Å²) < 4.78 is 50.3. The van der Waals surface area contributed by atoms with Crippen molar-refractivity contribution in [2.45, 2.75) is 51.9 Å². The first-order valence-corrected chi connectivity index (χ1v) is 11.1.